The Labute approximate surface area is 105 Å². The predicted octanol–water partition coefficient (Wildman–Crippen LogP) is 1.10. The van der Waals surface area contributed by atoms with Crippen molar-refractivity contribution in [3.05, 3.63) is 29.3 Å². The second-order valence-corrected chi connectivity index (χ2v) is 5.73. The van der Waals surface area contributed by atoms with Crippen molar-refractivity contribution in [3.63, 3.8) is 0 Å². The minimum absolute atomic E-state index is 0.00506. The Morgan fingerprint density at radius 1 is 1.39 bits per heavy atom. The van der Waals surface area contributed by atoms with Gasteiger partial charge in [-0.3, -0.25) is 4.72 Å². The van der Waals surface area contributed by atoms with Crippen LogP contribution in [0.1, 0.15) is 28.8 Å². The molecule has 1 saturated carbocycles. The van der Waals surface area contributed by atoms with Crippen molar-refractivity contribution in [1.29, 1.82) is 0 Å². The van der Waals surface area contributed by atoms with E-state index in [1.165, 1.54) is 18.2 Å². The molecule has 1 aromatic rings. The first kappa shape index (κ1) is 12.8. The summed E-state index contributed by atoms with van der Waals surface area (Å²) in [5, 5.41) is 8.95. The van der Waals surface area contributed by atoms with E-state index in [9.17, 15) is 13.2 Å². The zero-order valence-electron chi connectivity index (χ0n) is 9.80. The molecule has 0 aliphatic heterocycles. The molecule has 0 saturated heterocycles. The summed E-state index contributed by atoms with van der Waals surface area (Å²) in [5.41, 5.74) is 0.760. The lowest BCUT2D eigenvalue weighted by atomic mass is 10.1. The van der Waals surface area contributed by atoms with Gasteiger partial charge in [-0.05, 0) is 37.5 Å². The Hall–Kier alpha value is -1.60. The Balaban J connectivity index is 2.23. The minimum atomic E-state index is -3.63. The fourth-order valence-electron chi connectivity index (χ4n) is 1.57. The van der Waals surface area contributed by atoms with Crippen molar-refractivity contribution in [2.24, 2.45) is 0 Å². The molecule has 1 aliphatic carbocycles. The Kier molecular flexibility index (Phi) is 3.27. The average molecular weight is 270 g/mol. The molecule has 0 heterocycles. The van der Waals surface area contributed by atoms with Gasteiger partial charge in [-0.15, -0.1) is 0 Å². The summed E-state index contributed by atoms with van der Waals surface area (Å²) in [6.45, 7) is 1.57. The van der Waals surface area contributed by atoms with E-state index >= 15 is 0 Å². The maximum atomic E-state index is 11.7. The predicted molar refractivity (Wildman–Crippen MR) is 66.8 cm³/mol. The van der Waals surface area contributed by atoms with E-state index in [2.05, 4.69) is 9.44 Å². The molecule has 0 amide bonds. The quantitative estimate of drug-likeness (QED) is 0.746. The van der Waals surface area contributed by atoms with Gasteiger partial charge < -0.3 is 5.11 Å². The number of hydrogen-bond acceptors (Lipinski definition) is 3. The second-order valence-electron chi connectivity index (χ2n) is 4.28. The van der Waals surface area contributed by atoms with Gasteiger partial charge in [-0.25, -0.2) is 4.79 Å². The van der Waals surface area contributed by atoms with Crippen molar-refractivity contribution >= 4 is 21.9 Å². The van der Waals surface area contributed by atoms with Gasteiger partial charge in [0.1, 0.15) is 0 Å². The molecule has 2 rings (SSSR count). The van der Waals surface area contributed by atoms with E-state index in [-0.39, 0.29) is 17.3 Å². The van der Waals surface area contributed by atoms with Gasteiger partial charge in [-0.1, -0.05) is 6.07 Å². The van der Waals surface area contributed by atoms with Gasteiger partial charge in [0.2, 0.25) is 0 Å². The maximum absolute atomic E-state index is 11.7. The first-order chi connectivity index (χ1) is 8.39. The SMILES string of the molecule is Cc1c(NS(=O)(=O)NC2CC2)cccc1C(=O)O. The average Bonchev–Trinajstić information content (AvgIpc) is 3.03. The van der Waals surface area contributed by atoms with Gasteiger partial charge in [0.15, 0.2) is 0 Å². The molecular weight excluding hydrogens is 256 g/mol. The summed E-state index contributed by atoms with van der Waals surface area (Å²) in [6, 6.07) is 4.48. The van der Waals surface area contributed by atoms with Crippen LogP contribution >= 0.6 is 0 Å². The van der Waals surface area contributed by atoms with Crippen molar-refractivity contribution in [1.82, 2.24) is 4.72 Å². The van der Waals surface area contributed by atoms with Crippen LogP contribution in [-0.4, -0.2) is 25.5 Å². The smallest absolute Gasteiger partial charge is 0.336 e. The van der Waals surface area contributed by atoms with Crippen LogP contribution in [0.3, 0.4) is 0 Å². The molecule has 7 heteroatoms. The number of rotatable bonds is 5. The molecule has 0 aromatic heterocycles. The fourth-order valence-corrected chi connectivity index (χ4v) is 2.82. The van der Waals surface area contributed by atoms with Gasteiger partial charge in [-0.2, -0.15) is 13.1 Å². The summed E-state index contributed by atoms with van der Waals surface area (Å²) < 4.78 is 28.2. The van der Waals surface area contributed by atoms with Crippen LogP contribution in [0.25, 0.3) is 0 Å². The molecule has 6 nitrogen and oxygen atoms in total. The van der Waals surface area contributed by atoms with Crippen LogP contribution in [0, 0.1) is 6.92 Å². The van der Waals surface area contributed by atoms with E-state index in [0.29, 0.717) is 5.56 Å². The number of carboxylic acids is 1. The molecule has 0 spiro atoms. The van der Waals surface area contributed by atoms with E-state index < -0.39 is 16.2 Å². The summed E-state index contributed by atoms with van der Waals surface area (Å²) in [4.78, 5) is 10.9. The molecule has 0 unspecified atom stereocenters. The third kappa shape index (κ3) is 2.99. The largest absolute Gasteiger partial charge is 0.478 e. The highest BCUT2D eigenvalue weighted by Crippen LogP contribution is 2.22. The van der Waals surface area contributed by atoms with Crippen LogP contribution in [0.2, 0.25) is 0 Å². The van der Waals surface area contributed by atoms with Gasteiger partial charge in [0.05, 0.1) is 11.3 Å². The molecule has 0 radical (unpaired) electrons. The topological polar surface area (TPSA) is 95.5 Å². The lowest BCUT2D eigenvalue weighted by Crippen LogP contribution is -2.32. The van der Waals surface area contributed by atoms with Gasteiger partial charge in [0.25, 0.3) is 10.2 Å². The van der Waals surface area contributed by atoms with Crippen molar-refractivity contribution in [2.45, 2.75) is 25.8 Å². The number of anilines is 1. The Bertz CT molecular complexity index is 579. The Morgan fingerprint density at radius 3 is 2.61 bits per heavy atom. The minimum Gasteiger partial charge on any atom is -0.478 e. The second kappa shape index (κ2) is 4.58. The number of carbonyl (C=O) groups is 1. The van der Waals surface area contributed by atoms with Gasteiger partial charge >= 0.3 is 5.97 Å². The third-order valence-electron chi connectivity index (χ3n) is 2.71. The number of nitrogens with one attached hydrogen (secondary N) is 2. The third-order valence-corrected chi connectivity index (χ3v) is 3.84. The van der Waals surface area contributed by atoms with Crippen LogP contribution in [0.4, 0.5) is 5.69 Å². The normalized spacial score (nSPS) is 15.4. The number of carboxylic acid groups (broad SMARTS) is 1. The molecular formula is C11H14N2O4S. The molecule has 1 aromatic carbocycles. The zero-order valence-corrected chi connectivity index (χ0v) is 10.6. The summed E-state index contributed by atoms with van der Waals surface area (Å²) in [5.74, 6) is -1.08. The molecule has 1 aliphatic rings. The van der Waals surface area contributed by atoms with Gasteiger partial charge in [0, 0.05) is 6.04 Å². The molecule has 3 N–H and O–H groups in total. The first-order valence-corrected chi connectivity index (χ1v) is 7.00. The number of benzene rings is 1. The van der Waals surface area contributed by atoms with E-state index in [1.54, 1.807) is 6.92 Å². The van der Waals surface area contributed by atoms with Crippen LogP contribution < -0.4 is 9.44 Å². The van der Waals surface area contributed by atoms with Crippen LogP contribution in [0.5, 0.6) is 0 Å². The number of aromatic carboxylic acids is 1. The van der Waals surface area contributed by atoms with E-state index in [1.807, 2.05) is 0 Å². The summed E-state index contributed by atoms with van der Waals surface area (Å²) >= 11 is 0. The number of hydrogen-bond donors (Lipinski definition) is 3. The van der Waals surface area contributed by atoms with Crippen LogP contribution in [0.15, 0.2) is 18.2 Å². The standard InChI is InChI=1S/C11H14N2O4S/c1-7-9(11(14)15)3-2-4-10(7)13-18(16,17)12-8-5-6-8/h2-4,8,12-13H,5-6H2,1H3,(H,14,15). The highest BCUT2D eigenvalue weighted by Gasteiger charge is 2.27. The lowest BCUT2D eigenvalue weighted by Gasteiger charge is -2.12. The first-order valence-electron chi connectivity index (χ1n) is 5.52. The molecule has 0 bridgehead atoms. The van der Waals surface area contributed by atoms with E-state index in [0.717, 1.165) is 12.8 Å². The highest BCUT2D eigenvalue weighted by atomic mass is 32.2. The zero-order chi connectivity index (χ0) is 13.3. The summed E-state index contributed by atoms with van der Waals surface area (Å²) in [6.07, 6.45) is 1.68. The monoisotopic (exact) mass is 270 g/mol. The van der Waals surface area contributed by atoms with Crippen molar-refractivity contribution < 1.29 is 18.3 Å². The molecule has 0 atom stereocenters. The van der Waals surface area contributed by atoms with E-state index in [4.69, 9.17) is 5.11 Å². The highest BCUT2D eigenvalue weighted by molar-refractivity contribution is 7.90. The van der Waals surface area contributed by atoms with Crippen molar-refractivity contribution in [2.75, 3.05) is 4.72 Å². The van der Waals surface area contributed by atoms with Crippen LogP contribution in [-0.2, 0) is 10.2 Å². The molecule has 98 valence electrons. The molecule has 1 fully saturated rings. The maximum Gasteiger partial charge on any atom is 0.336 e. The Morgan fingerprint density at radius 2 is 2.06 bits per heavy atom. The summed E-state index contributed by atoms with van der Waals surface area (Å²) in [7, 11) is -3.63. The van der Waals surface area contributed by atoms with Crippen molar-refractivity contribution in [3.8, 4) is 0 Å². The fraction of sp³-hybridized carbons (Fsp3) is 0.364. The molecule has 18 heavy (non-hydrogen) atoms. The lowest BCUT2D eigenvalue weighted by molar-refractivity contribution is 0.0696.